The molecule has 0 bridgehead atoms. The quantitative estimate of drug-likeness (QED) is 0.0445. The third-order valence-electron chi connectivity index (χ3n) is 6.70. The van der Waals surface area contributed by atoms with E-state index in [1.165, 1.54) is 28.8 Å². The zero-order chi connectivity index (χ0) is 30.3. The fourth-order valence-electron chi connectivity index (χ4n) is 4.57. The van der Waals surface area contributed by atoms with Crippen LogP contribution < -0.4 is 14.4 Å². The second-order valence-corrected chi connectivity index (χ2v) is 11.8. The first-order valence-corrected chi connectivity index (χ1v) is 15.7. The van der Waals surface area contributed by atoms with Crippen molar-refractivity contribution in [2.45, 2.75) is 42.8 Å². The number of Topliss-reactive ketones (excluding diaryl/α,β-unsaturated/α-hetero) is 1. The number of unbranched alkanes of at least 4 members (excludes halogenated alkanes) is 1. The highest BCUT2D eigenvalue weighted by Crippen LogP contribution is 2.44. The molecular weight excluding hydrogens is 590 g/mol. The van der Waals surface area contributed by atoms with Crippen molar-refractivity contribution >= 4 is 45.7 Å². The van der Waals surface area contributed by atoms with Crippen LogP contribution in [0.4, 0.5) is 9.52 Å². The van der Waals surface area contributed by atoms with E-state index < -0.39 is 17.7 Å². The summed E-state index contributed by atoms with van der Waals surface area (Å²) in [6.45, 7) is 4.95. The van der Waals surface area contributed by atoms with Crippen molar-refractivity contribution in [3.05, 3.63) is 101 Å². The van der Waals surface area contributed by atoms with Crippen LogP contribution in [-0.2, 0) is 15.3 Å². The number of hydrogen-bond donors (Lipinski definition) is 1. The molecule has 4 aromatic rings. The van der Waals surface area contributed by atoms with Gasteiger partial charge in [0, 0.05) is 11.3 Å². The molecule has 1 aromatic heterocycles. The van der Waals surface area contributed by atoms with Gasteiger partial charge in [-0.1, -0.05) is 60.7 Å². The van der Waals surface area contributed by atoms with Crippen molar-refractivity contribution in [3.8, 4) is 11.5 Å². The first-order valence-electron chi connectivity index (χ1n) is 13.9. The lowest BCUT2D eigenvalue weighted by Crippen LogP contribution is -2.29. The van der Waals surface area contributed by atoms with Gasteiger partial charge in [0.25, 0.3) is 5.78 Å². The Labute approximate surface area is 257 Å². The molecule has 2 heterocycles. The van der Waals surface area contributed by atoms with Crippen LogP contribution in [-0.4, -0.2) is 40.2 Å². The molecule has 0 spiro atoms. The molecule has 1 unspecified atom stereocenters. The Balaban J connectivity index is 1.52. The fourth-order valence-corrected chi connectivity index (χ4v) is 6.39. The fraction of sp³-hybridized carbons (Fsp3) is 0.250. The Kier molecular flexibility index (Phi) is 9.73. The summed E-state index contributed by atoms with van der Waals surface area (Å²) >= 11 is 2.55. The summed E-state index contributed by atoms with van der Waals surface area (Å²) in [6.07, 6.45) is 1.85. The number of benzene rings is 3. The first-order chi connectivity index (χ1) is 20.9. The molecule has 43 heavy (non-hydrogen) atoms. The molecule has 1 N–H and O–H groups in total. The molecule has 11 heteroatoms. The number of aromatic nitrogens is 2. The molecule has 1 saturated heterocycles. The lowest BCUT2D eigenvalue weighted by atomic mass is 9.95. The molecule has 0 saturated carbocycles. The van der Waals surface area contributed by atoms with E-state index in [-0.39, 0.29) is 22.3 Å². The minimum Gasteiger partial charge on any atom is -0.507 e. The Morgan fingerprint density at radius 2 is 1.77 bits per heavy atom. The molecule has 1 fully saturated rings. The van der Waals surface area contributed by atoms with Crippen LogP contribution in [0.15, 0.2) is 82.7 Å². The Hall–Kier alpha value is -4.22. The number of halogens is 1. The summed E-state index contributed by atoms with van der Waals surface area (Å²) in [4.78, 5) is 28.4. The second-order valence-electron chi connectivity index (χ2n) is 9.67. The van der Waals surface area contributed by atoms with Crippen LogP contribution in [0.3, 0.4) is 0 Å². The SMILES string of the molecule is CCCCOc1cccc(C2C(=C(O)c3ccc(OCC)cc3)C(=O)C(=O)N2c2nnc(SCc3ccc(F)cc3)s2)c1. The summed E-state index contributed by atoms with van der Waals surface area (Å²) < 4.78 is 25.3. The van der Waals surface area contributed by atoms with E-state index >= 15 is 0 Å². The largest absolute Gasteiger partial charge is 0.507 e. The number of rotatable bonds is 12. The molecule has 1 atom stereocenters. The number of carbonyl (C=O) groups is 2. The predicted molar refractivity (Wildman–Crippen MR) is 165 cm³/mol. The third-order valence-corrected chi connectivity index (χ3v) is 8.83. The molecule has 5 rings (SSSR count). The van der Waals surface area contributed by atoms with Gasteiger partial charge in [0.15, 0.2) is 4.34 Å². The van der Waals surface area contributed by atoms with Crippen molar-refractivity contribution in [1.82, 2.24) is 10.2 Å². The molecule has 1 amide bonds. The van der Waals surface area contributed by atoms with Gasteiger partial charge in [-0.2, -0.15) is 0 Å². The van der Waals surface area contributed by atoms with Crippen LogP contribution in [0.5, 0.6) is 11.5 Å². The highest BCUT2D eigenvalue weighted by molar-refractivity contribution is 8.00. The zero-order valence-electron chi connectivity index (χ0n) is 23.7. The highest BCUT2D eigenvalue weighted by Gasteiger charge is 2.48. The van der Waals surface area contributed by atoms with Crippen molar-refractivity contribution in [1.29, 1.82) is 0 Å². The maximum atomic E-state index is 13.6. The van der Waals surface area contributed by atoms with Crippen molar-refractivity contribution in [3.63, 3.8) is 0 Å². The number of ether oxygens (including phenoxy) is 2. The molecule has 222 valence electrons. The van der Waals surface area contributed by atoms with Crippen molar-refractivity contribution < 1.29 is 28.6 Å². The van der Waals surface area contributed by atoms with Crippen LogP contribution in [0.2, 0.25) is 0 Å². The highest BCUT2D eigenvalue weighted by atomic mass is 32.2. The summed E-state index contributed by atoms with van der Waals surface area (Å²) in [5, 5.41) is 20.2. The summed E-state index contributed by atoms with van der Waals surface area (Å²) in [5.41, 5.74) is 1.79. The zero-order valence-corrected chi connectivity index (χ0v) is 25.3. The lowest BCUT2D eigenvalue weighted by molar-refractivity contribution is -0.132. The van der Waals surface area contributed by atoms with Gasteiger partial charge in [-0.05, 0) is 73.0 Å². The molecule has 1 aliphatic heterocycles. The first kappa shape index (κ1) is 30.2. The van der Waals surface area contributed by atoms with Gasteiger partial charge in [0.1, 0.15) is 23.1 Å². The second kappa shape index (κ2) is 13.8. The van der Waals surface area contributed by atoms with Crippen LogP contribution in [0.1, 0.15) is 49.4 Å². The Morgan fingerprint density at radius 1 is 1.00 bits per heavy atom. The lowest BCUT2D eigenvalue weighted by Gasteiger charge is -2.23. The van der Waals surface area contributed by atoms with Crippen LogP contribution in [0.25, 0.3) is 5.76 Å². The van der Waals surface area contributed by atoms with Gasteiger partial charge >= 0.3 is 5.91 Å². The molecular formula is C32H30FN3O5S2. The van der Waals surface area contributed by atoms with Gasteiger partial charge in [0.2, 0.25) is 5.13 Å². The van der Waals surface area contributed by atoms with E-state index in [2.05, 4.69) is 17.1 Å². The van der Waals surface area contributed by atoms with Gasteiger partial charge in [-0.15, -0.1) is 10.2 Å². The topological polar surface area (TPSA) is 102 Å². The van der Waals surface area contributed by atoms with Crippen molar-refractivity contribution in [2.24, 2.45) is 0 Å². The molecule has 3 aromatic carbocycles. The minimum atomic E-state index is -0.968. The average Bonchev–Trinajstić information content (AvgIpc) is 3.59. The summed E-state index contributed by atoms with van der Waals surface area (Å²) in [7, 11) is 0. The number of aliphatic hydroxyl groups is 1. The number of carbonyl (C=O) groups excluding carboxylic acids is 2. The van der Waals surface area contributed by atoms with Gasteiger partial charge in [-0.25, -0.2) is 4.39 Å². The molecule has 0 aliphatic carbocycles. The third kappa shape index (κ3) is 6.89. The van der Waals surface area contributed by atoms with Crippen LogP contribution >= 0.6 is 23.1 Å². The number of ketones is 1. The summed E-state index contributed by atoms with van der Waals surface area (Å²) in [6, 6.07) is 19.0. The summed E-state index contributed by atoms with van der Waals surface area (Å²) in [5.74, 6) is -0.538. The van der Waals surface area contributed by atoms with E-state index in [9.17, 15) is 19.1 Å². The maximum Gasteiger partial charge on any atom is 0.301 e. The van der Waals surface area contributed by atoms with Gasteiger partial charge < -0.3 is 14.6 Å². The number of aliphatic hydroxyl groups excluding tert-OH is 1. The molecule has 1 aliphatic rings. The molecule has 0 radical (unpaired) electrons. The number of hydrogen-bond acceptors (Lipinski definition) is 9. The standard InChI is InChI=1S/C32H30FN3O5S2/c1-3-5-17-41-25-8-6-7-22(18-25)27-26(28(37)21-11-15-24(16-12-21)40-4-2)29(38)30(39)36(27)31-34-35-32(43-31)42-19-20-9-13-23(33)14-10-20/h6-16,18,27,37H,3-5,17,19H2,1-2H3. The number of thioether (sulfide) groups is 1. The number of amides is 1. The number of nitrogens with zero attached hydrogens (tertiary/aromatic N) is 3. The monoisotopic (exact) mass is 619 g/mol. The maximum absolute atomic E-state index is 13.6. The van der Waals surface area contributed by atoms with E-state index in [0.717, 1.165) is 29.7 Å². The normalized spacial score (nSPS) is 16.1. The van der Waals surface area contributed by atoms with Gasteiger partial charge in [-0.3, -0.25) is 14.5 Å². The average molecular weight is 620 g/mol. The Morgan fingerprint density at radius 3 is 2.49 bits per heavy atom. The van der Waals surface area contributed by atoms with E-state index in [1.54, 1.807) is 54.6 Å². The van der Waals surface area contributed by atoms with E-state index in [1.807, 2.05) is 13.0 Å². The van der Waals surface area contributed by atoms with E-state index in [0.29, 0.717) is 45.9 Å². The smallest absolute Gasteiger partial charge is 0.301 e. The Bertz CT molecular complexity index is 1620. The minimum absolute atomic E-state index is 0.0596. The molecule has 8 nitrogen and oxygen atoms in total. The predicted octanol–water partition coefficient (Wildman–Crippen LogP) is 7.17. The van der Waals surface area contributed by atoms with Crippen LogP contribution in [0, 0.1) is 5.82 Å². The van der Waals surface area contributed by atoms with Crippen molar-refractivity contribution in [2.75, 3.05) is 18.1 Å². The van der Waals surface area contributed by atoms with E-state index in [4.69, 9.17) is 9.47 Å². The number of anilines is 1. The van der Waals surface area contributed by atoms with Gasteiger partial charge in [0.05, 0.1) is 24.8 Å².